The van der Waals surface area contributed by atoms with Crippen molar-refractivity contribution in [3.05, 3.63) is 23.8 Å². The highest BCUT2D eigenvalue weighted by molar-refractivity contribution is 5.96. The van der Waals surface area contributed by atoms with Crippen LogP contribution in [-0.2, 0) is 4.79 Å². The van der Waals surface area contributed by atoms with Crippen molar-refractivity contribution < 1.29 is 24.0 Å². The van der Waals surface area contributed by atoms with E-state index >= 15 is 0 Å². The maximum Gasteiger partial charge on any atom is 0.321 e. The average Bonchev–Trinajstić information content (AvgIpc) is 3.09. The van der Waals surface area contributed by atoms with Gasteiger partial charge in [-0.2, -0.15) is 0 Å². The van der Waals surface area contributed by atoms with Crippen LogP contribution in [0.15, 0.2) is 18.2 Å². The molecule has 0 aromatic heterocycles. The van der Waals surface area contributed by atoms with Crippen molar-refractivity contribution in [2.24, 2.45) is 0 Å². The number of rotatable bonds is 5. The van der Waals surface area contributed by atoms with Crippen LogP contribution in [0.25, 0.3) is 0 Å². The highest BCUT2D eigenvalue weighted by Crippen LogP contribution is 2.31. The zero-order valence-electron chi connectivity index (χ0n) is 14.6. The zero-order chi connectivity index (χ0) is 17.7. The van der Waals surface area contributed by atoms with Gasteiger partial charge in [-0.15, -0.1) is 0 Å². The van der Waals surface area contributed by atoms with E-state index in [1.165, 1.54) is 7.05 Å². The molecule has 1 aromatic carbocycles. The summed E-state index contributed by atoms with van der Waals surface area (Å²) in [6.07, 6.45) is 1.99. The molecule has 24 heavy (non-hydrogen) atoms. The molecule has 1 saturated heterocycles. The van der Waals surface area contributed by atoms with Gasteiger partial charge in [0.05, 0.1) is 26.3 Å². The van der Waals surface area contributed by atoms with Gasteiger partial charge in [0.2, 0.25) is 0 Å². The van der Waals surface area contributed by atoms with E-state index in [1.807, 2.05) is 25.1 Å². The molecule has 1 aliphatic rings. The number of carbonyl (C=O) groups excluding carboxylic acids is 2. The van der Waals surface area contributed by atoms with Gasteiger partial charge in [-0.1, -0.05) is 0 Å². The second kappa shape index (κ2) is 8.01. The highest BCUT2D eigenvalue weighted by Gasteiger charge is 2.38. The van der Waals surface area contributed by atoms with Gasteiger partial charge in [-0.25, -0.2) is 4.79 Å². The van der Waals surface area contributed by atoms with Crippen LogP contribution in [0.1, 0.15) is 31.4 Å². The Morgan fingerprint density at radius 1 is 1.29 bits per heavy atom. The molecule has 1 aliphatic heterocycles. The van der Waals surface area contributed by atoms with Gasteiger partial charge in [0, 0.05) is 26.0 Å². The highest BCUT2D eigenvalue weighted by atomic mass is 16.5. The van der Waals surface area contributed by atoms with E-state index < -0.39 is 6.03 Å². The third-order valence-electron chi connectivity index (χ3n) is 4.64. The molecule has 7 heteroatoms. The molecule has 132 valence electrons. The Hall–Kier alpha value is -2.28. The summed E-state index contributed by atoms with van der Waals surface area (Å²) in [5.41, 5.74) is 1.06. The lowest BCUT2D eigenvalue weighted by molar-refractivity contribution is -0.932. The van der Waals surface area contributed by atoms with Gasteiger partial charge in [-0.3, -0.25) is 10.1 Å². The summed E-state index contributed by atoms with van der Waals surface area (Å²) in [6.45, 7) is 2.73. The van der Waals surface area contributed by atoms with Crippen LogP contribution in [0.4, 0.5) is 4.79 Å². The average molecular weight is 336 g/mol. The molecule has 1 aromatic rings. The zero-order valence-corrected chi connectivity index (χ0v) is 14.6. The number of hydrogen-bond acceptors (Lipinski definition) is 4. The van der Waals surface area contributed by atoms with E-state index in [4.69, 9.17) is 9.47 Å². The lowest BCUT2D eigenvalue weighted by Crippen LogP contribution is -3.15. The second-order valence-electron chi connectivity index (χ2n) is 5.92. The molecule has 7 nitrogen and oxygen atoms in total. The topological polar surface area (TPSA) is 81.1 Å². The summed E-state index contributed by atoms with van der Waals surface area (Å²) < 4.78 is 10.8. The lowest BCUT2D eigenvalue weighted by atomic mass is 10.0. The van der Waals surface area contributed by atoms with Gasteiger partial charge in [0.15, 0.2) is 6.04 Å². The number of hydrogen-bond donors (Lipinski definition) is 3. The van der Waals surface area contributed by atoms with Crippen molar-refractivity contribution >= 4 is 11.9 Å². The van der Waals surface area contributed by atoms with Gasteiger partial charge in [0.1, 0.15) is 17.5 Å². The minimum atomic E-state index is -0.482. The van der Waals surface area contributed by atoms with Crippen LogP contribution in [0, 0.1) is 0 Å². The van der Waals surface area contributed by atoms with Crippen LogP contribution in [0.2, 0.25) is 0 Å². The summed E-state index contributed by atoms with van der Waals surface area (Å²) in [5, 5.41) is 4.77. The number of likely N-dealkylation sites (tertiary alicyclic amines) is 1. The van der Waals surface area contributed by atoms with Gasteiger partial charge < -0.3 is 19.7 Å². The van der Waals surface area contributed by atoms with E-state index in [-0.39, 0.29) is 18.0 Å². The van der Waals surface area contributed by atoms with Crippen LogP contribution in [0.5, 0.6) is 11.5 Å². The van der Waals surface area contributed by atoms with Crippen molar-refractivity contribution in [3.8, 4) is 11.5 Å². The molecule has 1 unspecified atom stereocenters. The standard InChI is InChI=1S/C17H25N3O4/c1-11(16(21)19-17(22)18-2)20-9-5-6-14(20)13-8-7-12(23-3)10-15(13)24-4/h7-8,10-11,14H,5-6,9H2,1-4H3,(H2,18,19,21,22)/p+1/t11-,14-/m1/s1. The summed E-state index contributed by atoms with van der Waals surface area (Å²) in [5.74, 6) is 1.22. The minimum absolute atomic E-state index is 0.149. The molecule has 0 spiro atoms. The first-order valence-electron chi connectivity index (χ1n) is 8.11. The first-order chi connectivity index (χ1) is 11.5. The maximum atomic E-state index is 12.3. The first-order valence-corrected chi connectivity index (χ1v) is 8.11. The smallest absolute Gasteiger partial charge is 0.321 e. The Labute approximate surface area is 142 Å². The third kappa shape index (κ3) is 3.79. The van der Waals surface area contributed by atoms with E-state index in [0.29, 0.717) is 0 Å². The van der Waals surface area contributed by atoms with E-state index in [9.17, 15) is 9.59 Å². The van der Waals surface area contributed by atoms with Crippen molar-refractivity contribution in [2.75, 3.05) is 27.8 Å². The van der Waals surface area contributed by atoms with Crippen LogP contribution in [0.3, 0.4) is 0 Å². The van der Waals surface area contributed by atoms with Crippen molar-refractivity contribution in [3.63, 3.8) is 0 Å². The van der Waals surface area contributed by atoms with Gasteiger partial charge >= 0.3 is 6.03 Å². The normalized spacial score (nSPS) is 21.0. The molecule has 0 saturated carbocycles. The summed E-state index contributed by atoms with van der Waals surface area (Å²) in [4.78, 5) is 24.8. The Kier molecular flexibility index (Phi) is 6.03. The molecule has 0 radical (unpaired) electrons. The third-order valence-corrected chi connectivity index (χ3v) is 4.64. The fourth-order valence-corrected chi connectivity index (χ4v) is 3.30. The molecule has 1 fully saturated rings. The minimum Gasteiger partial charge on any atom is -0.497 e. The molecule has 0 aliphatic carbocycles. The quantitative estimate of drug-likeness (QED) is 0.721. The molecular weight excluding hydrogens is 310 g/mol. The van der Waals surface area contributed by atoms with Crippen LogP contribution >= 0.6 is 0 Å². The van der Waals surface area contributed by atoms with Crippen molar-refractivity contribution in [2.45, 2.75) is 31.8 Å². The number of urea groups is 1. The number of methoxy groups -OCH3 is 2. The number of amides is 3. The predicted octanol–water partition coefficient (Wildman–Crippen LogP) is 0.268. The second-order valence-corrected chi connectivity index (χ2v) is 5.92. The molecular formula is C17H26N3O4+. The molecule has 0 bridgehead atoms. The SMILES string of the molecule is CNC(=O)NC(=O)[C@@H](C)[NH+]1CCC[C@@H]1c1ccc(OC)cc1OC. The van der Waals surface area contributed by atoms with Crippen LogP contribution in [-0.4, -0.2) is 45.8 Å². The Bertz CT molecular complexity index is 605. The van der Waals surface area contributed by atoms with Crippen molar-refractivity contribution in [1.29, 1.82) is 0 Å². The van der Waals surface area contributed by atoms with E-state index in [0.717, 1.165) is 41.3 Å². The molecule has 3 atom stereocenters. The van der Waals surface area contributed by atoms with Crippen molar-refractivity contribution in [1.82, 2.24) is 10.6 Å². The molecule has 2 rings (SSSR count). The lowest BCUT2D eigenvalue weighted by Gasteiger charge is -2.27. The number of quaternary nitrogens is 1. The molecule has 3 N–H and O–H groups in total. The fourth-order valence-electron chi connectivity index (χ4n) is 3.30. The summed E-state index contributed by atoms with van der Waals surface area (Å²) in [6, 6.07) is 5.10. The summed E-state index contributed by atoms with van der Waals surface area (Å²) >= 11 is 0. The van der Waals surface area contributed by atoms with E-state index in [1.54, 1.807) is 14.2 Å². The Balaban J connectivity index is 2.21. The van der Waals surface area contributed by atoms with Gasteiger partial charge in [0.25, 0.3) is 5.91 Å². The summed E-state index contributed by atoms with van der Waals surface area (Å²) in [7, 11) is 4.74. The number of ether oxygens (including phenoxy) is 2. The number of benzene rings is 1. The van der Waals surface area contributed by atoms with E-state index in [2.05, 4.69) is 10.6 Å². The maximum absolute atomic E-state index is 12.3. The molecule has 1 heterocycles. The van der Waals surface area contributed by atoms with Crippen LogP contribution < -0.4 is 25.0 Å². The Morgan fingerprint density at radius 2 is 2.04 bits per heavy atom. The fraction of sp³-hybridized carbons (Fsp3) is 0.529. The predicted molar refractivity (Wildman–Crippen MR) is 89.4 cm³/mol. The number of imide groups is 1. The monoisotopic (exact) mass is 336 g/mol. The Morgan fingerprint density at radius 3 is 2.67 bits per heavy atom. The number of nitrogens with one attached hydrogen (secondary N) is 3. The number of carbonyl (C=O) groups is 2. The van der Waals surface area contributed by atoms with Gasteiger partial charge in [-0.05, 0) is 19.1 Å². The first kappa shape index (κ1) is 18.1. The largest absolute Gasteiger partial charge is 0.497 e. The molecule has 3 amide bonds.